The summed E-state index contributed by atoms with van der Waals surface area (Å²) in [4.78, 5) is 16.1. The molecule has 3 aromatic carbocycles. The van der Waals surface area contributed by atoms with Crippen LogP contribution < -0.4 is 20.1 Å². The van der Waals surface area contributed by atoms with Crippen molar-refractivity contribution in [2.24, 2.45) is 0 Å². The van der Waals surface area contributed by atoms with Gasteiger partial charge in [-0.3, -0.25) is 4.79 Å². The molecule has 0 radical (unpaired) electrons. The van der Waals surface area contributed by atoms with Crippen LogP contribution in [0.1, 0.15) is 21.5 Å². The van der Waals surface area contributed by atoms with Gasteiger partial charge >= 0.3 is 0 Å². The lowest BCUT2D eigenvalue weighted by atomic mass is 10.1. The molecule has 6 heteroatoms. The number of para-hydroxylation sites is 2. The van der Waals surface area contributed by atoms with Crippen molar-refractivity contribution in [2.75, 3.05) is 32.6 Å². The van der Waals surface area contributed by atoms with Gasteiger partial charge in [-0.25, -0.2) is 0 Å². The molecule has 0 spiro atoms. The van der Waals surface area contributed by atoms with Gasteiger partial charge in [-0.1, -0.05) is 36.4 Å². The first-order valence-electron chi connectivity index (χ1n) is 11.1. The molecule has 0 aliphatic heterocycles. The molecule has 0 bridgehead atoms. The quantitative estimate of drug-likeness (QED) is 0.329. The fourth-order valence-corrected chi connectivity index (χ4v) is 3.96. The fraction of sp³-hybridized carbons (Fsp3) is 0.222. The summed E-state index contributed by atoms with van der Waals surface area (Å²) in [6.07, 6.45) is 3.57. The maximum atomic E-state index is 12.9. The van der Waals surface area contributed by atoms with E-state index in [-0.39, 0.29) is 5.91 Å². The number of amides is 1. The molecule has 1 heterocycles. The van der Waals surface area contributed by atoms with Gasteiger partial charge in [0.25, 0.3) is 5.91 Å². The third-order valence-electron chi connectivity index (χ3n) is 5.70. The average Bonchev–Trinajstić information content (AvgIpc) is 3.27. The second-order valence-electron chi connectivity index (χ2n) is 7.78. The van der Waals surface area contributed by atoms with Crippen LogP contribution in [0.2, 0.25) is 0 Å². The lowest BCUT2D eigenvalue weighted by Gasteiger charge is -2.13. The lowest BCUT2D eigenvalue weighted by Crippen LogP contribution is -2.26. The van der Waals surface area contributed by atoms with Gasteiger partial charge in [0, 0.05) is 35.9 Å². The minimum Gasteiger partial charge on any atom is -0.493 e. The number of anilines is 1. The van der Waals surface area contributed by atoms with Gasteiger partial charge < -0.3 is 25.1 Å². The van der Waals surface area contributed by atoms with Gasteiger partial charge in [0.15, 0.2) is 11.5 Å². The second kappa shape index (κ2) is 10.6. The second-order valence-corrected chi connectivity index (χ2v) is 7.78. The highest BCUT2D eigenvalue weighted by Crippen LogP contribution is 2.27. The van der Waals surface area contributed by atoms with Crippen molar-refractivity contribution in [1.82, 2.24) is 10.3 Å². The van der Waals surface area contributed by atoms with Gasteiger partial charge in [0.2, 0.25) is 0 Å². The minimum absolute atomic E-state index is 0.0796. The van der Waals surface area contributed by atoms with E-state index >= 15 is 0 Å². The van der Waals surface area contributed by atoms with E-state index in [4.69, 9.17) is 9.47 Å². The normalized spacial score (nSPS) is 10.7. The Bertz CT molecular complexity index is 1230. The van der Waals surface area contributed by atoms with Crippen LogP contribution in [0.4, 0.5) is 5.69 Å². The van der Waals surface area contributed by atoms with Crippen LogP contribution in [0.15, 0.2) is 72.9 Å². The molecule has 1 aromatic heterocycles. The van der Waals surface area contributed by atoms with Gasteiger partial charge in [-0.05, 0) is 54.3 Å². The Kier molecular flexibility index (Phi) is 7.15. The number of aromatic nitrogens is 1. The Morgan fingerprint density at radius 2 is 1.67 bits per heavy atom. The number of aromatic amines is 1. The van der Waals surface area contributed by atoms with E-state index in [1.165, 1.54) is 10.9 Å². The molecule has 0 unspecified atom stereocenters. The number of H-pyrrole nitrogens is 1. The monoisotopic (exact) mass is 443 g/mol. The maximum Gasteiger partial charge on any atom is 0.253 e. The number of hydrogen-bond donors (Lipinski definition) is 3. The number of benzene rings is 3. The Balaban J connectivity index is 1.33. The Morgan fingerprint density at radius 1 is 0.879 bits per heavy atom. The summed E-state index contributed by atoms with van der Waals surface area (Å²) in [5.74, 6) is 1.35. The molecular formula is C27H29N3O3. The molecule has 0 aliphatic carbocycles. The SMILES string of the molecule is COc1ccc(CCNc2ccccc2C(=O)NCCc2c[nH]c3ccccc23)cc1OC. The summed E-state index contributed by atoms with van der Waals surface area (Å²) in [6, 6.07) is 21.7. The first-order valence-corrected chi connectivity index (χ1v) is 11.1. The third kappa shape index (κ3) is 5.29. The maximum absolute atomic E-state index is 12.9. The van der Waals surface area contributed by atoms with Crippen LogP contribution in [-0.4, -0.2) is 38.2 Å². The van der Waals surface area contributed by atoms with E-state index in [0.29, 0.717) is 30.2 Å². The average molecular weight is 444 g/mol. The Hall–Kier alpha value is -3.93. The van der Waals surface area contributed by atoms with Gasteiger partial charge in [-0.2, -0.15) is 0 Å². The van der Waals surface area contributed by atoms with Crippen LogP contribution in [0.25, 0.3) is 10.9 Å². The number of nitrogens with one attached hydrogen (secondary N) is 3. The molecule has 4 rings (SSSR count). The smallest absolute Gasteiger partial charge is 0.253 e. The van der Waals surface area contributed by atoms with Crippen LogP contribution in [0.3, 0.4) is 0 Å². The van der Waals surface area contributed by atoms with Crippen molar-refractivity contribution in [3.8, 4) is 11.5 Å². The van der Waals surface area contributed by atoms with E-state index in [1.54, 1.807) is 14.2 Å². The molecule has 33 heavy (non-hydrogen) atoms. The Morgan fingerprint density at radius 3 is 2.52 bits per heavy atom. The fourth-order valence-electron chi connectivity index (χ4n) is 3.96. The van der Waals surface area contributed by atoms with E-state index in [9.17, 15) is 4.79 Å². The molecule has 6 nitrogen and oxygen atoms in total. The summed E-state index contributed by atoms with van der Waals surface area (Å²) in [5.41, 5.74) is 4.90. The molecule has 1 amide bonds. The zero-order valence-electron chi connectivity index (χ0n) is 19.0. The largest absolute Gasteiger partial charge is 0.493 e. The van der Waals surface area contributed by atoms with Crippen molar-refractivity contribution in [3.63, 3.8) is 0 Å². The standard InChI is InChI=1S/C27H29N3O3/c1-32-25-12-11-19(17-26(25)33-2)13-15-28-24-10-6-4-8-22(24)27(31)29-16-14-20-18-30-23-9-5-3-7-21(20)23/h3-12,17-18,28,30H,13-16H2,1-2H3,(H,29,31). The van der Waals surface area contributed by atoms with E-state index < -0.39 is 0 Å². The molecule has 0 saturated heterocycles. The number of hydrogen-bond acceptors (Lipinski definition) is 4. The molecule has 0 saturated carbocycles. The number of carbonyl (C=O) groups is 1. The summed E-state index contributed by atoms with van der Waals surface area (Å²) in [7, 11) is 3.26. The predicted octanol–water partition coefficient (Wildman–Crippen LogP) is 4.81. The molecular weight excluding hydrogens is 414 g/mol. The number of fused-ring (bicyclic) bond motifs is 1. The molecule has 0 atom stereocenters. The first-order chi connectivity index (χ1) is 16.2. The van der Waals surface area contributed by atoms with Crippen LogP contribution >= 0.6 is 0 Å². The molecule has 0 fully saturated rings. The van der Waals surface area contributed by atoms with Crippen molar-refractivity contribution < 1.29 is 14.3 Å². The molecule has 3 N–H and O–H groups in total. The van der Waals surface area contributed by atoms with Gasteiger partial charge in [0.1, 0.15) is 0 Å². The molecule has 170 valence electrons. The topological polar surface area (TPSA) is 75.4 Å². The summed E-state index contributed by atoms with van der Waals surface area (Å²) in [6.45, 7) is 1.26. The summed E-state index contributed by atoms with van der Waals surface area (Å²) < 4.78 is 10.7. The zero-order valence-corrected chi connectivity index (χ0v) is 19.0. The Labute approximate surface area is 193 Å². The number of carbonyl (C=O) groups excluding carboxylic acids is 1. The van der Waals surface area contributed by atoms with Crippen LogP contribution in [0.5, 0.6) is 11.5 Å². The molecule has 4 aromatic rings. The lowest BCUT2D eigenvalue weighted by molar-refractivity contribution is 0.0955. The summed E-state index contributed by atoms with van der Waals surface area (Å²) >= 11 is 0. The van der Waals surface area contributed by atoms with Crippen molar-refractivity contribution in [1.29, 1.82) is 0 Å². The highest BCUT2D eigenvalue weighted by Gasteiger charge is 2.11. The van der Waals surface area contributed by atoms with E-state index in [0.717, 1.165) is 29.6 Å². The minimum atomic E-state index is -0.0796. The zero-order chi connectivity index (χ0) is 23.0. The van der Waals surface area contributed by atoms with Crippen molar-refractivity contribution in [3.05, 3.63) is 89.6 Å². The van der Waals surface area contributed by atoms with Gasteiger partial charge in [0.05, 0.1) is 19.8 Å². The van der Waals surface area contributed by atoms with Crippen molar-refractivity contribution in [2.45, 2.75) is 12.8 Å². The first kappa shape index (κ1) is 22.3. The van der Waals surface area contributed by atoms with E-state index in [2.05, 4.69) is 27.8 Å². The predicted molar refractivity (Wildman–Crippen MR) is 133 cm³/mol. The van der Waals surface area contributed by atoms with Crippen LogP contribution in [0, 0.1) is 0 Å². The van der Waals surface area contributed by atoms with Crippen LogP contribution in [-0.2, 0) is 12.8 Å². The van der Waals surface area contributed by atoms with Crippen molar-refractivity contribution >= 4 is 22.5 Å². The third-order valence-corrected chi connectivity index (χ3v) is 5.70. The number of methoxy groups -OCH3 is 2. The van der Waals surface area contributed by atoms with Gasteiger partial charge in [-0.15, -0.1) is 0 Å². The highest BCUT2D eigenvalue weighted by molar-refractivity contribution is 5.99. The molecule has 0 aliphatic rings. The summed E-state index contributed by atoms with van der Waals surface area (Å²) in [5, 5.41) is 7.65. The number of ether oxygens (including phenoxy) is 2. The van der Waals surface area contributed by atoms with E-state index in [1.807, 2.05) is 60.8 Å². The highest BCUT2D eigenvalue weighted by atomic mass is 16.5. The number of rotatable bonds is 10.